The quantitative estimate of drug-likeness (QED) is 0.783. The van der Waals surface area contributed by atoms with Gasteiger partial charge >= 0.3 is 0 Å². The molecule has 0 amide bonds. The second kappa shape index (κ2) is 6.60. The first kappa shape index (κ1) is 14.6. The van der Waals surface area contributed by atoms with Crippen molar-refractivity contribution in [2.24, 2.45) is 0 Å². The van der Waals surface area contributed by atoms with Gasteiger partial charge in [-0.25, -0.2) is 0 Å². The molecule has 100 valence electrons. The molecule has 0 heterocycles. The van der Waals surface area contributed by atoms with Crippen LogP contribution in [0, 0.1) is 6.92 Å². The van der Waals surface area contributed by atoms with Gasteiger partial charge in [-0.3, -0.25) is 0 Å². The van der Waals surface area contributed by atoms with Crippen LogP contribution in [-0.4, -0.2) is 5.11 Å². The SMILES string of the molecule is Cc1ccccc1CSc1ccc(Br)cc1C(C)O. The molecule has 0 saturated carbocycles. The molecule has 2 aromatic carbocycles. The zero-order chi connectivity index (χ0) is 13.8. The molecule has 0 bridgehead atoms. The van der Waals surface area contributed by atoms with E-state index in [9.17, 15) is 5.11 Å². The molecule has 1 atom stereocenters. The van der Waals surface area contributed by atoms with E-state index in [1.165, 1.54) is 11.1 Å². The van der Waals surface area contributed by atoms with Crippen LogP contribution in [0.5, 0.6) is 0 Å². The molecule has 0 spiro atoms. The minimum absolute atomic E-state index is 0.447. The summed E-state index contributed by atoms with van der Waals surface area (Å²) in [5.41, 5.74) is 3.63. The van der Waals surface area contributed by atoms with E-state index in [0.717, 1.165) is 20.7 Å². The minimum Gasteiger partial charge on any atom is -0.389 e. The van der Waals surface area contributed by atoms with Crippen molar-refractivity contribution in [3.8, 4) is 0 Å². The number of aliphatic hydroxyl groups excluding tert-OH is 1. The van der Waals surface area contributed by atoms with Crippen molar-refractivity contribution in [1.29, 1.82) is 0 Å². The largest absolute Gasteiger partial charge is 0.389 e. The first-order chi connectivity index (χ1) is 9.08. The molecule has 2 aromatic rings. The number of hydrogen-bond acceptors (Lipinski definition) is 2. The number of thioether (sulfide) groups is 1. The zero-order valence-electron chi connectivity index (χ0n) is 11.1. The third-order valence-corrected chi connectivity index (χ3v) is 4.70. The standard InChI is InChI=1S/C16H17BrOS/c1-11-5-3-4-6-13(11)10-19-16-8-7-14(17)9-15(16)12(2)18/h3-9,12,18H,10H2,1-2H3. The van der Waals surface area contributed by atoms with Crippen LogP contribution in [0.2, 0.25) is 0 Å². The Hall–Kier alpha value is -0.770. The number of aliphatic hydroxyl groups is 1. The molecule has 1 N–H and O–H groups in total. The number of hydrogen-bond donors (Lipinski definition) is 1. The Bertz CT molecular complexity index is 566. The molecular formula is C16H17BrOS. The fraction of sp³-hybridized carbons (Fsp3) is 0.250. The van der Waals surface area contributed by atoms with Crippen molar-refractivity contribution in [2.75, 3.05) is 0 Å². The fourth-order valence-electron chi connectivity index (χ4n) is 1.90. The summed E-state index contributed by atoms with van der Waals surface area (Å²) in [7, 11) is 0. The molecule has 1 unspecified atom stereocenters. The van der Waals surface area contributed by atoms with Crippen molar-refractivity contribution in [3.05, 3.63) is 63.6 Å². The van der Waals surface area contributed by atoms with Gasteiger partial charge in [-0.05, 0) is 48.7 Å². The lowest BCUT2D eigenvalue weighted by Gasteiger charge is -2.13. The Kier molecular flexibility index (Phi) is 5.08. The molecule has 0 fully saturated rings. The van der Waals surface area contributed by atoms with E-state index >= 15 is 0 Å². The predicted molar refractivity (Wildman–Crippen MR) is 85.5 cm³/mol. The summed E-state index contributed by atoms with van der Waals surface area (Å²) >= 11 is 5.22. The van der Waals surface area contributed by atoms with Crippen LogP contribution in [0.3, 0.4) is 0 Å². The molecule has 0 aliphatic heterocycles. The molecule has 0 aliphatic carbocycles. The van der Waals surface area contributed by atoms with E-state index in [-0.39, 0.29) is 0 Å². The van der Waals surface area contributed by atoms with Gasteiger partial charge in [-0.15, -0.1) is 11.8 Å². The maximum Gasteiger partial charge on any atom is 0.0773 e. The van der Waals surface area contributed by atoms with Gasteiger partial charge in [-0.2, -0.15) is 0 Å². The molecule has 0 radical (unpaired) electrons. The summed E-state index contributed by atoms with van der Waals surface area (Å²) in [5.74, 6) is 0.925. The van der Waals surface area contributed by atoms with Gasteiger partial charge < -0.3 is 5.11 Å². The molecule has 19 heavy (non-hydrogen) atoms. The van der Waals surface area contributed by atoms with Crippen LogP contribution >= 0.6 is 27.7 Å². The highest BCUT2D eigenvalue weighted by Gasteiger charge is 2.09. The highest BCUT2D eigenvalue weighted by molar-refractivity contribution is 9.10. The van der Waals surface area contributed by atoms with Crippen LogP contribution in [0.25, 0.3) is 0 Å². The molecule has 1 nitrogen and oxygen atoms in total. The van der Waals surface area contributed by atoms with Crippen LogP contribution in [0.4, 0.5) is 0 Å². The van der Waals surface area contributed by atoms with Gasteiger partial charge in [0.05, 0.1) is 6.10 Å². The molecule has 0 aromatic heterocycles. The van der Waals surface area contributed by atoms with Crippen molar-refractivity contribution in [2.45, 2.75) is 30.6 Å². The maximum atomic E-state index is 9.85. The Morgan fingerprint density at radius 3 is 2.63 bits per heavy atom. The zero-order valence-corrected chi connectivity index (χ0v) is 13.5. The molecule has 3 heteroatoms. The third-order valence-electron chi connectivity index (χ3n) is 3.07. The van der Waals surface area contributed by atoms with E-state index in [1.54, 1.807) is 18.7 Å². The number of rotatable bonds is 4. The Morgan fingerprint density at radius 2 is 1.95 bits per heavy atom. The number of halogens is 1. The van der Waals surface area contributed by atoms with Crippen LogP contribution in [0.1, 0.15) is 29.7 Å². The summed E-state index contributed by atoms with van der Waals surface area (Å²) in [6.45, 7) is 3.94. The lowest BCUT2D eigenvalue weighted by Crippen LogP contribution is -1.95. The maximum absolute atomic E-state index is 9.85. The normalized spacial score (nSPS) is 12.4. The summed E-state index contributed by atoms with van der Waals surface area (Å²) in [4.78, 5) is 1.14. The van der Waals surface area contributed by atoms with Gasteiger partial charge in [0, 0.05) is 15.1 Å². The fourth-order valence-corrected chi connectivity index (χ4v) is 3.48. The molecule has 2 rings (SSSR count). The van der Waals surface area contributed by atoms with Crippen molar-refractivity contribution in [1.82, 2.24) is 0 Å². The number of aryl methyl sites for hydroxylation is 1. The van der Waals surface area contributed by atoms with Crippen LogP contribution in [0.15, 0.2) is 51.8 Å². The minimum atomic E-state index is -0.447. The lowest BCUT2D eigenvalue weighted by atomic mass is 10.1. The van der Waals surface area contributed by atoms with E-state index in [4.69, 9.17) is 0 Å². The first-order valence-electron chi connectivity index (χ1n) is 6.22. The van der Waals surface area contributed by atoms with E-state index in [1.807, 2.05) is 12.1 Å². The Labute approximate surface area is 127 Å². The smallest absolute Gasteiger partial charge is 0.0773 e. The van der Waals surface area contributed by atoms with Gasteiger partial charge in [0.25, 0.3) is 0 Å². The van der Waals surface area contributed by atoms with E-state index in [0.29, 0.717) is 0 Å². The van der Waals surface area contributed by atoms with Gasteiger partial charge in [-0.1, -0.05) is 40.2 Å². The highest BCUT2D eigenvalue weighted by Crippen LogP contribution is 2.32. The second-order valence-electron chi connectivity index (χ2n) is 4.57. The molecule has 0 aliphatic rings. The number of benzene rings is 2. The molecular weight excluding hydrogens is 320 g/mol. The van der Waals surface area contributed by atoms with E-state index in [2.05, 4.69) is 53.2 Å². The third kappa shape index (κ3) is 3.85. The summed E-state index contributed by atoms with van der Waals surface area (Å²) < 4.78 is 1.00. The van der Waals surface area contributed by atoms with Gasteiger partial charge in [0.1, 0.15) is 0 Å². The Morgan fingerprint density at radius 1 is 1.21 bits per heavy atom. The highest BCUT2D eigenvalue weighted by atomic mass is 79.9. The average Bonchev–Trinajstić information content (AvgIpc) is 2.38. The first-order valence-corrected chi connectivity index (χ1v) is 8.00. The van der Waals surface area contributed by atoms with Gasteiger partial charge in [0.2, 0.25) is 0 Å². The van der Waals surface area contributed by atoms with E-state index < -0.39 is 6.10 Å². The lowest BCUT2D eigenvalue weighted by molar-refractivity contribution is 0.196. The van der Waals surface area contributed by atoms with Crippen molar-refractivity contribution in [3.63, 3.8) is 0 Å². The monoisotopic (exact) mass is 336 g/mol. The van der Waals surface area contributed by atoms with Gasteiger partial charge in [0.15, 0.2) is 0 Å². The Balaban J connectivity index is 2.18. The predicted octanol–water partition coefficient (Wildman–Crippen LogP) is 5.10. The van der Waals surface area contributed by atoms with Crippen LogP contribution < -0.4 is 0 Å². The topological polar surface area (TPSA) is 20.2 Å². The molecule has 0 saturated heterocycles. The van der Waals surface area contributed by atoms with Crippen molar-refractivity contribution < 1.29 is 5.11 Å². The summed E-state index contributed by atoms with van der Waals surface area (Å²) in [6, 6.07) is 14.5. The summed E-state index contributed by atoms with van der Waals surface area (Å²) in [6.07, 6.45) is -0.447. The second-order valence-corrected chi connectivity index (χ2v) is 6.51. The van der Waals surface area contributed by atoms with Crippen LogP contribution in [-0.2, 0) is 5.75 Å². The van der Waals surface area contributed by atoms with Crippen molar-refractivity contribution >= 4 is 27.7 Å². The average molecular weight is 337 g/mol. The summed E-state index contributed by atoms with van der Waals surface area (Å²) in [5, 5.41) is 9.85.